The summed E-state index contributed by atoms with van der Waals surface area (Å²) in [6.07, 6.45) is 2.49. The summed E-state index contributed by atoms with van der Waals surface area (Å²) in [5, 5.41) is 10.5. The van der Waals surface area contributed by atoms with E-state index in [2.05, 4.69) is 4.90 Å². The Morgan fingerprint density at radius 3 is 2.52 bits per heavy atom. The van der Waals surface area contributed by atoms with Crippen LogP contribution in [-0.2, 0) is 9.53 Å². The molecule has 0 bridgehead atoms. The Bertz CT molecular complexity index is 853. The van der Waals surface area contributed by atoms with Crippen LogP contribution < -0.4 is 11.5 Å². The maximum Gasteiger partial charge on any atom is 0.145 e. The first-order valence-corrected chi connectivity index (χ1v) is 11.6. The van der Waals surface area contributed by atoms with Gasteiger partial charge in [0.25, 0.3) is 0 Å². The van der Waals surface area contributed by atoms with Crippen LogP contribution in [0.5, 0.6) is 0 Å². The molecule has 182 valence electrons. The van der Waals surface area contributed by atoms with Gasteiger partial charge in [-0.3, -0.25) is 4.90 Å². The average Bonchev–Trinajstić information content (AvgIpc) is 3.13. The molecule has 4 rings (SSSR count). The first-order chi connectivity index (χ1) is 15.9. The SMILES string of the molecule is C=O.NC1C(c2cccc(Cl)c2F)C[C@H](CO)N1CC1CCCOC1.Nc1cccc(Cl)c1. The number of rotatable bonds is 4. The Labute approximate surface area is 204 Å². The predicted molar refractivity (Wildman–Crippen MR) is 131 cm³/mol. The van der Waals surface area contributed by atoms with Crippen LogP contribution in [0, 0.1) is 11.7 Å². The number of anilines is 1. The van der Waals surface area contributed by atoms with Gasteiger partial charge in [0.05, 0.1) is 24.4 Å². The lowest BCUT2D eigenvalue weighted by Gasteiger charge is -2.33. The van der Waals surface area contributed by atoms with Crippen molar-refractivity contribution >= 4 is 35.7 Å². The van der Waals surface area contributed by atoms with Gasteiger partial charge in [-0.15, -0.1) is 0 Å². The molecule has 0 saturated carbocycles. The molecule has 3 unspecified atom stereocenters. The first kappa shape index (κ1) is 27.5. The number of aliphatic hydroxyl groups excluding tert-OH is 1. The van der Waals surface area contributed by atoms with E-state index in [0.717, 1.165) is 32.6 Å². The van der Waals surface area contributed by atoms with Crippen molar-refractivity contribution in [3.8, 4) is 0 Å². The Morgan fingerprint density at radius 1 is 1.21 bits per heavy atom. The molecule has 2 heterocycles. The van der Waals surface area contributed by atoms with Crippen LogP contribution in [0.4, 0.5) is 10.1 Å². The van der Waals surface area contributed by atoms with Gasteiger partial charge < -0.3 is 26.1 Å². The van der Waals surface area contributed by atoms with Gasteiger partial charge in [-0.05, 0) is 55.0 Å². The highest BCUT2D eigenvalue weighted by Gasteiger charge is 2.41. The summed E-state index contributed by atoms with van der Waals surface area (Å²) in [7, 11) is 0. The van der Waals surface area contributed by atoms with Crippen molar-refractivity contribution < 1.29 is 19.0 Å². The summed E-state index contributed by atoms with van der Waals surface area (Å²) >= 11 is 11.5. The summed E-state index contributed by atoms with van der Waals surface area (Å²) in [6, 6.07) is 12.1. The number of aliphatic hydroxyl groups is 1. The Hall–Kier alpha value is -1.74. The maximum atomic E-state index is 14.4. The minimum atomic E-state index is -0.394. The second-order valence-electron chi connectivity index (χ2n) is 8.15. The van der Waals surface area contributed by atoms with Gasteiger partial charge >= 0.3 is 0 Å². The molecule has 2 saturated heterocycles. The fourth-order valence-corrected chi connectivity index (χ4v) is 4.75. The van der Waals surface area contributed by atoms with Crippen LogP contribution in [-0.4, -0.2) is 55.4 Å². The molecule has 2 aromatic carbocycles. The highest BCUT2D eigenvalue weighted by atomic mass is 35.5. The number of nitrogens with two attached hydrogens (primary N) is 2. The van der Waals surface area contributed by atoms with Gasteiger partial charge in [-0.25, -0.2) is 4.39 Å². The van der Waals surface area contributed by atoms with Gasteiger partial charge in [0.15, 0.2) is 0 Å². The molecule has 0 amide bonds. The molecule has 0 spiro atoms. The number of ether oxygens (including phenoxy) is 1. The lowest BCUT2D eigenvalue weighted by molar-refractivity contribution is -0.0979. The van der Waals surface area contributed by atoms with Crippen LogP contribution >= 0.6 is 23.2 Å². The number of hydrogen-bond donors (Lipinski definition) is 3. The topological polar surface area (TPSA) is 102 Å². The number of carbonyl (C=O) groups excluding carboxylic acids is 1. The molecule has 33 heavy (non-hydrogen) atoms. The molecule has 0 aromatic heterocycles. The third kappa shape index (κ3) is 7.64. The molecule has 9 heteroatoms. The zero-order valence-electron chi connectivity index (χ0n) is 18.5. The normalized spacial score (nSPS) is 24.9. The fourth-order valence-electron chi connectivity index (χ4n) is 4.37. The highest BCUT2D eigenvalue weighted by Crippen LogP contribution is 2.38. The van der Waals surface area contributed by atoms with Gasteiger partial charge in [0.1, 0.15) is 12.6 Å². The van der Waals surface area contributed by atoms with Gasteiger partial charge in [0, 0.05) is 35.8 Å². The largest absolute Gasteiger partial charge is 0.399 e. The van der Waals surface area contributed by atoms with Crippen LogP contribution in [0.25, 0.3) is 0 Å². The number of benzene rings is 2. The zero-order valence-corrected chi connectivity index (χ0v) is 20.0. The molecule has 6 nitrogen and oxygen atoms in total. The average molecular weight is 500 g/mol. The smallest absolute Gasteiger partial charge is 0.145 e. The van der Waals surface area contributed by atoms with Crippen molar-refractivity contribution in [1.82, 2.24) is 4.90 Å². The van der Waals surface area contributed by atoms with E-state index in [1.54, 1.807) is 36.4 Å². The molecule has 0 aliphatic carbocycles. The minimum absolute atomic E-state index is 0.0277. The first-order valence-electron chi connectivity index (χ1n) is 10.8. The molecule has 4 atom stereocenters. The Kier molecular flexibility index (Phi) is 11.5. The fraction of sp³-hybridized carbons (Fsp3) is 0.458. The monoisotopic (exact) mass is 499 g/mol. The second kappa shape index (κ2) is 13.8. The summed E-state index contributed by atoms with van der Waals surface area (Å²) in [5.41, 5.74) is 13.0. The van der Waals surface area contributed by atoms with E-state index in [9.17, 15) is 9.50 Å². The third-order valence-corrected chi connectivity index (χ3v) is 6.48. The van der Waals surface area contributed by atoms with E-state index in [4.69, 9.17) is 44.2 Å². The standard InChI is InChI=1S/C17H24ClFN2O2.C6H6ClN.CH2O/c18-15-5-1-4-13(16(15)19)14-7-12(9-22)21(17(14)20)8-11-3-2-6-23-10-11;7-5-2-1-3-6(8)4-5;1-2/h1,4-5,11-12,14,17,22H,2-3,6-10,20H2;1-4H,8H2;1H2/t11?,12-,14?,17?;;/m1../s1. The second-order valence-corrected chi connectivity index (χ2v) is 8.99. The molecule has 2 fully saturated rings. The van der Waals surface area contributed by atoms with Crippen molar-refractivity contribution in [3.63, 3.8) is 0 Å². The summed E-state index contributed by atoms with van der Waals surface area (Å²) in [5.74, 6) is -0.128. The van der Waals surface area contributed by atoms with Crippen molar-refractivity contribution in [1.29, 1.82) is 0 Å². The van der Waals surface area contributed by atoms with E-state index in [-0.39, 0.29) is 29.8 Å². The Morgan fingerprint density at radius 2 is 1.94 bits per heavy atom. The lowest BCUT2D eigenvalue weighted by Crippen LogP contribution is -2.47. The van der Waals surface area contributed by atoms with Crippen LogP contribution in [0.15, 0.2) is 42.5 Å². The molecule has 0 radical (unpaired) electrons. The molecule has 2 aliphatic heterocycles. The number of nitrogens with zero attached hydrogens (tertiary/aromatic N) is 1. The van der Waals surface area contributed by atoms with E-state index >= 15 is 0 Å². The summed E-state index contributed by atoms with van der Waals surface area (Å²) < 4.78 is 19.9. The summed E-state index contributed by atoms with van der Waals surface area (Å²) in [4.78, 5) is 10.1. The molecule has 2 aliphatic rings. The van der Waals surface area contributed by atoms with E-state index in [1.165, 1.54) is 0 Å². The number of likely N-dealkylation sites (tertiary alicyclic amines) is 1. The van der Waals surface area contributed by atoms with Crippen molar-refractivity contribution in [2.45, 2.75) is 37.4 Å². The maximum absolute atomic E-state index is 14.4. The minimum Gasteiger partial charge on any atom is -0.399 e. The van der Waals surface area contributed by atoms with Crippen LogP contribution in [0.3, 0.4) is 0 Å². The van der Waals surface area contributed by atoms with Crippen LogP contribution in [0.2, 0.25) is 10.0 Å². The molecular weight excluding hydrogens is 468 g/mol. The molecule has 2 aromatic rings. The van der Waals surface area contributed by atoms with Crippen molar-refractivity contribution in [2.24, 2.45) is 11.7 Å². The van der Waals surface area contributed by atoms with Crippen LogP contribution in [0.1, 0.15) is 30.7 Å². The van der Waals surface area contributed by atoms with Crippen molar-refractivity contribution in [3.05, 3.63) is 63.9 Å². The number of carbonyl (C=O) groups is 1. The van der Waals surface area contributed by atoms with E-state index in [1.807, 2.05) is 12.9 Å². The number of hydrogen-bond acceptors (Lipinski definition) is 6. The van der Waals surface area contributed by atoms with Crippen molar-refractivity contribution in [2.75, 3.05) is 32.1 Å². The quantitative estimate of drug-likeness (QED) is 0.547. The lowest BCUT2D eigenvalue weighted by atomic mass is 9.94. The highest BCUT2D eigenvalue weighted by molar-refractivity contribution is 6.31. The van der Waals surface area contributed by atoms with Gasteiger partial charge in [-0.2, -0.15) is 0 Å². The predicted octanol–water partition coefficient (Wildman–Crippen LogP) is 4.08. The summed E-state index contributed by atoms with van der Waals surface area (Å²) in [6.45, 7) is 4.37. The van der Waals surface area contributed by atoms with E-state index in [0.29, 0.717) is 28.6 Å². The van der Waals surface area contributed by atoms with Gasteiger partial charge in [0.2, 0.25) is 0 Å². The number of nitrogen functional groups attached to an aromatic ring is 1. The molecular formula is C24H32Cl2FN3O3. The van der Waals surface area contributed by atoms with E-state index < -0.39 is 5.82 Å². The third-order valence-electron chi connectivity index (χ3n) is 5.95. The Balaban J connectivity index is 0.000000323. The molecule has 5 N–H and O–H groups in total. The van der Waals surface area contributed by atoms with Gasteiger partial charge in [-0.1, -0.05) is 41.4 Å². The zero-order chi connectivity index (χ0) is 24.4. The number of halogens is 3.